The number of carboxylic acid groups (broad SMARTS) is 2. The Morgan fingerprint density at radius 3 is 2.60 bits per heavy atom. The van der Waals surface area contributed by atoms with Crippen LogP contribution in [0.3, 0.4) is 0 Å². The molecule has 0 heterocycles. The molecule has 0 aromatic carbocycles. The van der Waals surface area contributed by atoms with E-state index in [-0.39, 0.29) is 29.8 Å². The summed E-state index contributed by atoms with van der Waals surface area (Å²) >= 11 is 0. The molecule has 0 saturated heterocycles. The first-order valence-corrected chi connectivity index (χ1v) is 12.9. The minimum Gasteiger partial charge on any atom is -0.481 e. The molecule has 3 saturated carbocycles. The molecule has 194 valence electrons. The van der Waals surface area contributed by atoms with E-state index < -0.39 is 30.5 Å². The fourth-order valence-corrected chi connectivity index (χ4v) is 7.55. The third-order valence-corrected chi connectivity index (χ3v) is 9.58. The number of oxime groups is 1. The number of allylic oxidation sites excluding steroid dienone is 2. The van der Waals surface area contributed by atoms with Crippen molar-refractivity contribution in [3.8, 4) is 0 Å². The number of fused-ring (bicyclic) bond motifs is 5. The van der Waals surface area contributed by atoms with E-state index in [0.29, 0.717) is 17.8 Å². The lowest BCUT2D eigenvalue weighted by Crippen LogP contribution is -2.51. The van der Waals surface area contributed by atoms with E-state index in [2.05, 4.69) is 30.4 Å². The summed E-state index contributed by atoms with van der Waals surface area (Å²) < 4.78 is 0. The number of aliphatic carboxylic acids is 2. The van der Waals surface area contributed by atoms with E-state index >= 15 is 0 Å². The molecule has 9 nitrogen and oxygen atoms in total. The third-order valence-electron chi connectivity index (χ3n) is 9.58. The zero-order chi connectivity index (χ0) is 25.4. The van der Waals surface area contributed by atoms with E-state index in [1.54, 1.807) is 0 Å². The van der Waals surface area contributed by atoms with Crippen molar-refractivity contribution in [1.29, 1.82) is 0 Å². The lowest BCUT2D eigenvalue weighted by molar-refractivity contribution is -0.143. The molecule has 3 fully saturated rings. The van der Waals surface area contributed by atoms with Crippen molar-refractivity contribution in [2.24, 2.45) is 33.7 Å². The van der Waals surface area contributed by atoms with E-state index in [0.717, 1.165) is 57.1 Å². The number of carbonyl (C=O) groups excluding carboxylic acids is 1. The lowest BCUT2D eigenvalue weighted by Gasteiger charge is -2.57. The van der Waals surface area contributed by atoms with Crippen LogP contribution >= 0.6 is 0 Å². The van der Waals surface area contributed by atoms with Gasteiger partial charge in [0, 0.05) is 6.42 Å². The second-order valence-corrected chi connectivity index (χ2v) is 11.4. The SMILES string of the molecule is C[C@]12CC[C@@H]3[C@H](CCC4=C/C(=N\OCC(=O)N[C@@H](CCC(=O)O)C(=O)O)CC[C@@]43C)[C@@H]1CC[C@@H]2O. The molecule has 0 bridgehead atoms. The number of amides is 1. The van der Waals surface area contributed by atoms with Gasteiger partial charge in [-0.25, -0.2) is 4.79 Å². The smallest absolute Gasteiger partial charge is 0.326 e. The van der Waals surface area contributed by atoms with Crippen molar-refractivity contribution < 1.29 is 34.5 Å². The summed E-state index contributed by atoms with van der Waals surface area (Å²) in [5.41, 5.74) is 2.40. The molecule has 4 aliphatic rings. The van der Waals surface area contributed by atoms with Crippen LogP contribution in [0.2, 0.25) is 0 Å². The van der Waals surface area contributed by atoms with Gasteiger partial charge in [-0.05, 0) is 92.4 Å². The van der Waals surface area contributed by atoms with E-state index in [9.17, 15) is 19.5 Å². The highest BCUT2D eigenvalue weighted by atomic mass is 16.6. The van der Waals surface area contributed by atoms with Crippen molar-refractivity contribution in [2.75, 3.05) is 6.61 Å². The van der Waals surface area contributed by atoms with Crippen LogP contribution in [0, 0.1) is 28.6 Å². The number of nitrogens with zero attached hydrogens (tertiary/aromatic N) is 1. The highest BCUT2D eigenvalue weighted by Crippen LogP contribution is 2.65. The van der Waals surface area contributed by atoms with Crippen LogP contribution in [-0.4, -0.2) is 57.6 Å². The van der Waals surface area contributed by atoms with Gasteiger partial charge in [0.1, 0.15) is 6.04 Å². The Kier molecular flexibility index (Phi) is 7.27. The average Bonchev–Trinajstić information content (AvgIpc) is 3.11. The third kappa shape index (κ3) is 4.97. The van der Waals surface area contributed by atoms with Crippen molar-refractivity contribution in [2.45, 2.75) is 90.2 Å². The number of carboxylic acids is 2. The zero-order valence-corrected chi connectivity index (χ0v) is 20.7. The average molecular weight is 491 g/mol. The largest absolute Gasteiger partial charge is 0.481 e. The number of aliphatic hydroxyl groups excluding tert-OH is 1. The highest BCUT2D eigenvalue weighted by Gasteiger charge is 2.58. The van der Waals surface area contributed by atoms with E-state index in [4.69, 9.17) is 15.1 Å². The van der Waals surface area contributed by atoms with Gasteiger partial charge < -0.3 is 25.5 Å². The van der Waals surface area contributed by atoms with Gasteiger partial charge in [-0.2, -0.15) is 0 Å². The maximum absolute atomic E-state index is 12.1. The number of nitrogens with one attached hydrogen (secondary N) is 1. The van der Waals surface area contributed by atoms with Gasteiger partial charge in [0.25, 0.3) is 5.91 Å². The number of aliphatic hydroxyl groups is 1. The van der Waals surface area contributed by atoms with Gasteiger partial charge >= 0.3 is 11.9 Å². The van der Waals surface area contributed by atoms with E-state index in [1.807, 2.05) is 0 Å². The Labute approximate surface area is 206 Å². The van der Waals surface area contributed by atoms with Crippen molar-refractivity contribution >= 4 is 23.6 Å². The molecule has 4 rings (SSSR count). The van der Waals surface area contributed by atoms with Gasteiger partial charge in [-0.15, -0.1) is 0 Å². The first kappa shape index (κ1) is 25.7. The summed E-state index contributed by atoms with van der Waals surface area (Å²) in [6.07, 6.45) is 9.61. The first-order chi connectivity index (χ1) is 16.5. The summed E-state index contributed by atoms with van der Waals surface area (Å²) in [7, 11) is 0. The quantitative estimate of drug-likeness (QED) is 0.382. The summed E-state index contributed by atoms with van der Waals surface area (Å²) in [6, 6.07) is -1.28. The fourth-order valence-electron chi connectivity index (χ4n) is 7.55. The maximum atomic E-state index is 12.1. The second kappa shape index (κ2) is 9.91. The first-order valence-electron chi connectivity index (χ1n) is 12.9. The van der Waals surface area contributed by atoms with Crippen molar-refractivity contribution in [3.05, 3.63) is 11.6 Å². The zero-order valence-electron chi connectivity index (χ0n) is 20.7. The Bertz CT molecular complexity index is 931. The minimum absolute atomic E-state index is 0.0711. The number of rotatable bonds is 8. The Hall–Kier alpha value is -2.42. The summed E-state index contributed by atoms with van der Waals surface area (Å²) in [5, 5.41) is 35.0. The van der Waals surface area contributed by atoms with Gasteiger partial charge in [0.15, 0.2) is 6.61 Å². The van der Waals surface area contributed by atoms with Crippen LogP contribution < -0.4 is 5.32 Å². The Morgan fingerprint density at radius 1 is 1.11 bits per heavy atom. The van der Waals surface area contributed by atoms with Crippen LogP contribution in [-0.2, 0) is 19.2 Å². The molecule has 9 heteroatoms. The van der Waals surface area contributed by atoms with Crippen LogP contribution in [0.15, 0.2) is 16.8 Å². The van der Waals surface area contributed by atoms with Crippen LogP contribution in [0.4, 0.5) is 0 Å². The molecule has 4 N–H and O–H groups in total. The van der Waals surface area contributed by atoms with Crippen LogP contribution in [0.25, 0.3) is 0 Å². The fraction of sp³-hybridized carbons (Fsp3) is 0.769. The molecule has 35 heavy (non-hydrogen) atoms. The normalized spacial score (nSPS) is 37.9. The van der Waals surface area contributed by atoms with Gasteiger partial charge in [0.05, 0.1) is 11.8 Å². The predicted octanol–water partition coefficient (Wildman–Crippen LogP) is 3.12. The number of hydrogen-bond acceptors (Lipinski definition) is 6. The minimum atomic E-state index is -1.28. The maximum Gasteiger partial charge on any atom is 0.326 e. The topological polar surface area (TPSA) is 146 Å². The van der Waals surface area contributed by atoms with Crippen molar-refractivity contribution in [1.82, 2.24) is 5.32 Å². The summed E-state index contributed by atoms with van der Waals surface area (Å²) in [4.78, 5) is 39.2. The van der Waals surface area contributed by atoms with E-state index in [1.165, 1.54) is 5.57 Å². The molecule has 0 spiro atoms. The standard InChI is InChI=1S/C26H38N2O7/c1-25-11-9-16(28-35-14-22(30)27-20(24(33)34)6-8-23(31)32)13-15(25)3-4-17-18-5-7-21(29)26(18,2)12-10-19(17)25/h13,17-21,29H,3-12,14H2,1-2H3,(H,27,30)(H,31,32)(H,33,34)/b28-16-/t17-,18+,19-,20+,21+,25+,26+/m1/s1. The predicted molar refractivity (Wildman–Crippen MR) is 128 cm³/mol. The molecule has 0 aliphatic heterocycles. The van der Waals surface area contributed by atoms with Crippen LogP contribution in [0.5, 0.6) is 0 Å². The number of hydrogen-bond donors (Lipinski definition) is 4. The van der Waals surface area contributed by atoms with Gasteiger partial charge in [-0.3, -0.25) is 9.59 Å². The second-order valence-electron chi connectivity index (χ2n) is 11.4. The summed E-state index contributed by atoms with van der Waals surface area (Å²) in [6.45, 7) is 4.26. The molecular formula is C26H38N2O7. The Balaban J connectivity index is 1.35. The van der Waals surface area contributed by atoms with Crippen molar-refractivity contribution in [3.63, 3.8) is 0 Å². The van der Waals surface area contributed by atoms with Gasteiger partial charge in [-0.1, -0.05) is 24.6 Å². The molecule has 4 aliphatic carbocycles. The molecule has 7 atom stereocenters. The molecule has 0 radical (unpaired) electrons. The molecule has 0 aromatic heterocycles. The Morgan fingerprint density at radius 2 is 1.89 bits per heavy atom. The summed E-state index contributed by atoms with van der Waals surface area (Å²) in [5.74, 6) is -1.16. The molecule has 0 aromatic rings. The number of carbonyl (C=O) groups is 3. The highest BCUT2D eigenvalue weighted by molar-refractivity contribution is 5.96. The lowest BCUT2D eigenvalue weighted by atomic mass is 9.47. The molecule has 0 unspecified atom stereocenters. The molecule has 1 amide bonds. The van der Waals surface area contributed by atoms with Gasteiger partial charge in [0.2, 0.25) is 0 Å². The molecular weight excluding hydrogens is 452 g/mol. The monoisotopic (exact) mass is 490 g/mol. The van der Waals surface area contributed by atoms with Crippen LogP contribution in [0.1, 0.15) is 78.1 Å².